The molecule has 0 saturated heterocycles. The highest BCUT2D eigenvalue weighted by molar-refractivity contribution is 6.09. The van der Waals surface area contributed by atoms with Gasteiger partial charge in [0.25, 0.3) is 0 Å². The molecule has 0 saturated carbocycles. The second kappa shape index (κ2) is 10.0. The Morgan fingerprint density at radius 3 is 1.60 bits per heavy atom. The Morgan fingerprint density at radius 1 is 0.405 bits per heavy atom. The van der Waals surface area contributed by atoms with Gasteiger partial charge in [-0.2, -0.15) is 0 Å². The second-order valence-electron chi connectivity index (χ2n) is 10.4. The summed E-state index contributed by atoms with van der Waals surface area (Å²) in [7, 11) is 0. The van der Waals surface area contributed by atoms with Gasteiger partial charge in [0.1, 0.15) is 0 Å². The van der Waals surface area contributed by atoms with Crippen molar-refractivity contribution in [1.82, 2.24) is 19.3 Å². The lowest BCUT2D eigenvalue weighted by molar-refractivity contribution is 0.889. The van der Waals surface area contributed by atoms with Crippen LogP contribution in [0.5, 0.6) is 0 Å². The zero-order chi connectivity index (χ0) is 27.9. The topological polar surface area (TPSA) is 35.6 Å². The van der Waals surface area contributed by atoms with Crippen molar-refractivity contribution in [3.63, 3.8) is 0 Å². The smallest absolute Gasteiger partial charge is 0.182 e. The zero-order valence-corrected chi connectivity index (χ0v) is 22.8. The Balaban J connectivity index is 1.27. The molecule has 8 rings (SSSR count). The summed E-state index contributed by atoms with van der Waals surface area (Å²) in [4.78, 5) is 5.06. The van der Waals surface area contributed by atoms with Gasteiger partial charge in [-0.05, 0) is 53.6 Å². The first-order valence-electron chi connectivity index (χ1n) is 14.1. The molecule has 2 aromatic heterocycles. The first kappa shape index (κ1) is 24.1. The quantitative estimate of drug-likeness (QED) is 0.219. The van der Waals surface area contributed by atoms with E-state index in [0.29, 0.717) is 5.82 Å². The molecule has 0 aliphatic rings. The number of hydrogen-bond acceptors (Lipinski definition) is 2. The van der Waals surface area contributed by atoms with E-state index in [0.717, 1.165) is 33.9 Å². The van der Waals surface area contributed by atoms with E-state index < -0.39 is 0 Å². The molecule has 0 spiro atoms. The van der Waals surface area contributed by atoms with Crippen molar-refractivity contribution in [2.45, 2.75) is 0 Å². The Hall–Kier alpha value is -5.74. The summed E-state index contributed by atoms with van der Waals surface area (Å²) in [6.45, 7) is 0. The van der Waals surface area contributed by atoms with Gasteiger partial charge in [-0.15, -0.1) is 5.10 Å². The SMILES string of the molecule is c1ccc(-c2cccc(-c3nc(-c4ccccc4)nn3-c3ccc(-n4c5ccccc5c5ccccc54)cc3)c2)cc1. The van der Waals surface area contributed by atoms with Crippen molar-refractivity contribution in [2.24, 2.45) is 0 Å². The van der Waals surface area contributed by atoms with Crippen LogP contribution in [-0.4, -0.2) is 19.3 Å². The average molecular weight is 539 g/mol. The molecular formula is C38H26N4. The van der Waals surface area contributed by atoms with Crippen LogP contribution in [0.25, 0.3) is 67.1 Å². The summed E-state index contributed by atoms with van der Waals surface area (Å²) in [5.74, 6) is 1.50. The summed E-state index contributed by atoms with van der Waals surface area (Å²) in [6.07, 6.45) is 0. The van der Waals surface area contributed by atoms with E-state index in [1.807, 2.05) is 28.9 Å². The molecule has 0 atom stereocenters. The predicted octanol–water partition coefficient (Wildman–Crippen LogP) is 9.37. The fourth-order valence-electron chi connectivity index (χ4n) is 5.80. The van der Waals surface area contributed by atoms with Gasteiger partial charge in [-0.3, -0.25) is 0 Å². The van der Waals surface area contributed by atoms with E-state index in [2.05, 4.69) is 138 Å². The molecule has 0 aliphatic carbocycles. The van der Waals surface area contributed by atoms with Crippen LogP contribution >= 0.6 is 0 Å². The number of nitrogens with zero attached hydrogens (tertiary/aromatic N) is 4. The maximum Gasteiger partial charge on any atom is 0.182 e. The van der Waals surface area contributed by atoms with E-state index >= 15 is 0 Å². The third kappa shape index (κ3) is 4.09. The highest BCUT2D eigenvalue weighted by atomic mass is 15.4. The highest BCUT2D eigenvalue weighted by Gasteiger charge is 2.17. The standard InChI is InChI=1S/C38H26N4/c1-3-12-27(13-4-1)29-16-11-17-30(26-29)38-39-37(28-14-5-2-6-15-28)40-42(38)32-24-22-31(23-25-32)41-35-20-9-7-18-33(35)34-19-8-10-21-36(34)41/h1-26H. The number of aromatic nitrogens is 4. The molecule has 4 heteroatoms. The predicted molar refractivity (Wildman–Crippen MR) is 172 cm³/mol. The van der Waals surface area contributed by atoms with E-state index in [4.69, 9.17) is 10.1 Å². The molecule has 198 valence electrons. The fourth-order valence-corrected chi connectivity index (χ4v) is 5.80. The first-order valence-corrected chi connectivity index (χ1v) is 14.1. The highest BCUT2D eigenvalue weighted by Crippen LogP contribution is 2.33. The third-order valence-electron chi connectivity index (χ3n) is 7.80. The number of benzene rings is 6. The van der Waals surface area contributed by atoms with E-state index in [1.54, 1.807) is 0 Å². The van der Waals surface area contributed by atoms with Crippen LogP contribution in [0, 0.1) is 0 Å². The maximum atomic E-state index is 5.06. The summed E-state index contributed by atoms with van der Waals surface area (Å²) in [5.41, 5.74) is 8.75. The average Bonchev–Trinajstić information content (AvgIpc) is 3.66. The van der Waals surface area contributed by atoms with Crippen LogP contribution in [-0.2, 0) is 0 Å². The Labute approximate surface area is 243 Å². The maximum absolute atomic E-state index is 5.06. The molecule has 0 aliphatic heterocycles. The lowest BCUT2D eigenvalue weighted by atomic mass is 10.0. The van der Waals surface area contributed by atoms with Crippen LogP contribution in [0.3, 0.4) is 0 Å². The van der Waals surface area contributed by atoms with E-state index in [1.165, 1.54) is 27.4 Å². The summed E-state index contributed by atoms with van der Waals surface area (Å²) >= 11 is 0. The lowest BCUT2D eigenvalue weighted by Crippen LogP contribution is -2.01. The van der Waals surface area contributed by atoms with Gasteiger partial charge < -0.3 is 4.57 Å². The minimum atomic E-state index is 0.696. The van der Waals surface area contributed by atoms with Crippen molar-refractivity contribution in [2.75, 3.05) is 0 Å². The molecule has 6 aromatic carbocycles. The van der Waals surface area contributed by atoms with Gasteiger partial charge >= 0.3 is 0 Å². The molecule has 0 radical (unpaired) electrons. The first-order chi connectivity index (χ1) is 20.8. The lowest BCUT2D eigenvalue weighted by Gasteiger charge is -2.11. The molecule has 0 N–H and O–H groups in total. The summed E-state index contributed by atoms with van der Waals surface area (Å²) in [6, 6.07) is 54.9. The number of hydrogen-bond donors (Lipinski definition) is 0. The molecule has 0 fully saturated rings. The monoisotopic (exact) mass is 538 g/mol. The second-order valence-corrected chi connectivity index (χ2v) is 10.4. The molecule has 42 heavy (non-hydrogen) atoms. The number of fused-ring (bicyclic) bond motifs is 3. The van der Waals surface area contributed by atoms with Gasteiger partial charge in [0.15, 0.2) is 11.6 Å². The van der Waals surface area contributed by atoms with Crippen LogP contribution < -0.4 is 0 Å². The third-order valence-corrected chi connectivity index (χ3v) is 7.80. The van der Waals surface area contributed by atoms with Crippen molar-refractivity contribution in [3.8, 4) is 45.3 Å². The van der Waals surface area contributed by atoms with Crippen molar-refractivity contribution < 1.29 is 0 Å². The number of rotatable bonds is 5. The van der Waals surface area contributed by atoms with Gasteiger partial charge in [-0.25, -0.2) is 9.67 Å². The Kier molecular flexibility index (Phi) is 5.75. The van der Waals surface area contributed by atoms with Gasteiger partial charge in [0, 0.05) is 27.6 Å². The van der Waals surface area contributed by atoms with Crippen LogP contribution in [0.1, 0.15) is 0 Å². The van der Waals surface area contributed by atoms with Crippen LogP contribution in [0.4, 0.5) is 0 Å². The molecule has 8 aromatic rings. The van der Waals surface area contributed by atoms with E-state index in [-0.39, 0.29) is 0 Å². The van der Waals surface area contributed by atoms with Gasteiger partial charge in [-0.1, -0.05) is 115 Å². The van der Waals surface area contributed by atoms with Gasteiger partial charge in [0.2, 0.25) is 0 Å². The van der Waals surface area contributed by atoms with E-state index in [9.17, 15) is 0 Å². The largest absolute Gasteiger partial charge is 0.309 e. The van der Waals surface area contributed by atoms with Crippen molar-refractivity contribution in [1.29, 1.82) is 0 Å². The Bertz CT molecular complexity index is 2120. The summed E-state index contributed by atoms with van der Waals surface area (Å²) in [5, 5.41) is 7.52. The Morgan fingerprint density at radius 2 is 0.929 bits per heavy atom. The molecular weight excluding hydrogens is 512 g/mol. The minimum Gasteiger partial charge on any atom is -0.309 e. The molecule has 0 bridgehead atoms. The fraction of sp³-hybridized carbons (Fsp3) is 0. The number of para-hydroxylation sites is 2. The molecule has 4 nitrogen and oxygen atoms in total. The summed E-state index contributed by atoms with van der Waals surface area (Å²) < 4.78 is 4.29. The van der Waals surface area contributed by atoms with Gasteiger partial charge in [0.05, 0.1) is 16.7 Å². The zero-order valence-electron chi connectivity index (χ0n) is 22.8. The normalized spacial score (nSPS) is 11.3. The van der Waals surface area contributed by atoms with Crippen LogP contribution in [0.2, 0.25) is 0 Å². The molecule has 0 unspecified atom stereocenters. The molecule has 2 heterocycles. The molecule has 0 amide bonds. The minimum absolute atomic E-state index is 0.696. The van der Waals surface area contributed by atoms with Crippen LogP contribution in [0.15, 0.2) is 158 Å². The van der Waals surface area contributed by atoms with Crippen molar-refractivity contribution >= 4 is 21.8 Å². The van der Waals surface area contributed by atoms with Crippen molar-refractivity contribution in [3.05, 3.63) is 158 Å².